The first-order valence-corrected chi connectivity index (χ1v) is 11.0. The molecule has 1 aliphatic rings. The third kappa shape index (κ3) is 4.45. The van der Waals surface area contributed by atoms with E-state index in [9.17, 15) is 20.1 Å². The second-order valence-electron chi connectivity index (χ2n) is 7.66. The first-order chi connectivity index (χ1) is 15.8. The largest absolute Gasteiger partial charge is 0.394 e. The molecule has 0 unspecified atom stereocenters. The number of para-hydroxylation sites is 1. The number of halogens is 1. The number of hydrogen-bond donors (Lipinski definition) is 4. The number of carbonyl (C=O) groups excluding carboxylic acids is 1. The molecule has 2 heterocycles. The van der Waals surface area contributed by atoms with Crippen molar-refractivity contribution in [2.24, 2.45) is 0 Å². The average Bonchev–Trinajstić information content (AvgIpc) is 3.14. The number of carbonyl (C=O) groups is 1. The molecule has 0 bridgehead atoms. The van der Waals surface area contributed by atoms with Crippen LogP contribution in [0.2, 0.25) is 5.02 Å². The highest BCUT2D eigenvalue weighted by molar-refractivity contribution is 7.71. The molecule has 1 fully saturated rings. The van der Waals surface area contributed by atoms with E-state index in [1.165, 1.54) is 11.6 Å². The molecule has 5 atom stereocenters. The minimum Gasteiger partial charge on any atom is -0.394 e. The predicted octanol–water partition coefficient (Wildman–Crippen LogP) is 1.84. The summed E-state index contributed by atoms with van der Waals surface area (Å²) in [5.74, 6) is -0.0224. The van der Waals surface area contributed by atoms with Crippen LogP contribution < -0.4 is 5.32 Å². The number of nitrogens with one attached hydrogen (secondary N) is 1. The Labute approximate surface area is 199 Å². The fraction of sp³-hybridized carbons (Fsp3) is 0.318. The topological polar surface area (TPSA) is 122 Å². The lowest BCUT2D eigenvalue weighted by Crippen LogP contribution is -2.62. The van der Waals surface area contributed by atoms with Crippen molar-refractivity contribution < 1.29 is 24.9 Å². The molecule has 4 N–H and O–H groups in total. The fourth-order valence-electron chi connectivity index (χ4n) is 3.87. The Bertz CT molecular complexity index is 1200. The lowest BCUT2D eigenvalue weighted by molar-refractivity contribution is -0.219. The van der Waals surface area contributed by atoms with E-state index in [2.05, 4.69) is 10.4 Å². The lowest BCUT2D eigenvalue weighted by Gasteiger charge is -2.42. The normalized spacial score (nSPS) is 25.1. The average molecular weight is 491 g/mol. The molecule has 1 aliphatic heterocycles. The Morgan fingerprint density at radius 1 is 1.15 bits per heavy atom. The monoisotopic (exact) mass is 490 g/mol. The van der Waals surface area contributed by atoms with Crippen molar-refractivity contribution in [1.82, 2.24) is 19.7 Å². The van der Waals surface area contributed by atoms with Gasteiger partial charge >= 0.3 is 0 Å². The van der Waals surface area contributed by atoms with Gasteiger partial charge in [-0.25, -0.2) is 4.68 Å². The van der Waals surface area contributed by atoms with Crippen molar-refractivity contribution in [3.8, 4) is 17.1 Å². The molecular formula is C22H23ClN4O5S. The van der Waals surface area contributed by atoms with Crippen LogP contribution in [-0.4, -0.2) is 66.5 Å². The molecule has 1 amide bonds. The van der Waals surface area contributed by atoms with Crippen molar-refractivity contribution in [1.29, 1.82) is 0 Å². The van der Waals surface area contributed by atoms with Crippen molar-refractivity contribution >= 4 is 29.7 Å². The van der Waals surface area contributed by atoms with Crippen LogP contribution in [0.4, 0.5) is 0 Å². The predicted molar refractivity (Wildman–Crippen MR) is 123 cm³/mol. The van der Waals surface area contributed by atoms with E-state index in [1.54, 1.807) is 22.8 Å². The number of aliphatic hydroxyl groups is 3. The van der Waals surface area contributed by atoms with E-state index < -0.39 is 43.1 Å². The molecule has 1 saturated heterocycles. The number of hydrogen-bond acceptors (Lipinski definition) is 7. The molecule has 0 aliphatic carbocycles. The van der Waals surface area contributed by atoms with E-state index in [0.717, 1.165) is 5.69 Å². The molecular weight excluding hydrogens is 468 g/mol. The maximum absolute atomic E-state index is 11.8. The van der Waals surface area contributed by atoms with E-state index in [0.29, 0.717) is 16.4 Å². The Morgan fingerprint density at radius 3 is 2.45 bits per heavy atom. The van der Waals surface area contributed by atoms with Crippen LogP contribution in [0, 0.1) is 4.77 Å². The molecule has 9 nitrogen and oxygen atoms in total. The number of aliphatic hydroxyl groups excluding tert-OH is 3. The lowest BCUT2D eigenvalue weighted by atomic mass is 9.96. The first kappa shape index (κ1) is 23.6. The summed E-state index contributed by atoms with van der Waals surface area (Å²) in [4.78, 5) is 11.8. The minimum absolute atomic E-state index is 0.205. The van der Waals surface area contributed by atoms with Gasteiger partial charge in [-0.2, -0.15) is 0 Å². The van der Waals surface area contributed by atoms with Gasteiger partial charge in [0.2, 0.25) is 10.7 Å². The van der Waals surface area contributed by atoms with Gasteiger partial charge in [-0.1, -0.05) is 41.9 Å². The van der Waals surface area contributed by atoms with Crippen molar-refractivity contribution in [3.63, 3.8) is 0 Å². The number of rotatable bonds is 5. The molecule has 0 saturated carbocycles. The number of benzene rings is 2. The van der Waals surface area contributed by atoms with Crippen LogP contribution in [-0.2, 0) is 9.53 Å². The molecule has 3 aromatic rings. The maximum atomic E-state index is 11.8. The highest BCUT2D eigenvalue weighted by Gasteiger charge is 2.46. The van der Waals surface area contributed by atoms with Gasteiger partial charge in [0.25, 0.3) is 0 Å². The SMILES string of the molecule is CC(=O)N[C@H]1[C@H](O)[C@H](O)[C@H](CO)O[C@@H]1n1nc(-c2ccccc2Cl)n(-c2ccccc2)c1=S. The second-order valence-corrected chi connectivity index (χ2v) is 8.43. The number of amides is 1. The standard InChI is InChI=1S/C22H23ClN4O5S/c1-12(29)24-17-19(31)18(30)16(11-28)32-21(17)27-22(33)26(13-7-3-2-4-8-13)20(25-27)14-9-5-6-10-15(14)23/h2-10,16-19,21,28,30-31H,11H2,1H3,(H,24,29)/t16-,17-,18+,19-,21-/m0/s1. The van der Waals surface area contributed by atoms with Gasteiger partial charge in [0.05, 0.1) is 11.6 Å². The van der Waals surface area contributed by atoms with E-state index >= 15 is 0 Å². The Balaban J connectivity index is 1.92. The molecule has 4 rings (SSSR count). The zero-order valence-electron chi connectivity index (χ0n) is 17.6. The van der Waals surface area contributed by atoms with Gasteiger partial charge in [-0.05, 0) is 36.5 Å². The van der Waals surface area contributed by atoms with Crippen LogP contribution in [0.25, 0.3) is 17.1 Å². The minimum atomic E-state index is -1.43. The highest BCUT2D eigenvalue weighted by Crippen LogP contribution is 2.33. The fourth-order valence-corrected chi connectivity index (χ4v) is 4.43. The van der Waals surface area contributed by atoms with Crippen LogP contribution in [0.1, 0.15) is 13.2 Å². The Morgan fingerprint density at radius 2 is 1.82 bits per heavy atom. The number of aromatic nitrogens is 3. The Hall–Kier alpha value is -2.60. The Kier molecular flexibility index (Phi) is 6.94. The van der Waals surface area contributed by atoms with Gasteiger partial charge in [-0.3, -0.25) is 9.36 Å². The summed E-state index contributed by atoms with van der Waals surface area (Å²) in [5.41, 5.74) is 1.33. The molecule has 1 aromatic heterocycles. The van der Waals surface area contributed by atoms with Crippen molar-refractivity contribution in [3.05, 3.63) is 64.4 Å². The third-order valence-electron chi connectivity index (χ3n) is 5.44. The summed E-state index contributed by atoms with van der Waals surface area (Å²) < 4.78 is 9.14. The van der Waals surface area contributed by atoms with Crippen molar-refractivity contribution in [2.45, 2.75) is 37.5 Å². The van der Waals surface area contributed by atoms with Gasteiger partial charge in [0.1, 0.15) is 24.4 Å². The summed E-state index contributed by atoms with van der Waals surface area (Å²) in [7, 11) is 0. The summed E-state index contributed by atoms with van der Waals surface area (Å²) in [5, 5.41) is 38.4. The quantitative estimate of drug-likeness (QED) is 0.402. The van der Waals surface area contributed by atoms with E-state index in [-0.39, 0.29) is 4.77 Å². The number of nitrogens with zero attached hydrogens (tertiary/aromatic N) is 3. The molecule has 174 valence electrons. The maximum Gasteiger partial charge on any atom is 0.217 e. The highest BCUT2D eigenvalue weighted by atomic mass is 35.5. The third-order valence-corrected chi connectivity index (χ3v) is 6.14. The van der Waals surface area contributed by atoms with Crippen LogP contribution >= 0.6 is 23.8 Å². The molecule has 0 radical (unpaired) electrons. The number of ether oxygens (including phenoxy) is 1. The zero-order valence-corrected chi connectivity index (χ0v) is 19.1. The van der Waals surface area contributed by atoms with E-state index in [4.69, 9.17) is 28.6 Å². The van der Waals surface area contributed by atoms with E-state index in [1.807, 2.05) is 36.4 Å². The van der Waals surface area contributed by atoms with Gasteiger partial charge in [0.15, 0.2) is 12.1 Å². The van der Waals surface area contributed by atoms with Crippen molar-refractivity contribution in [2.75, 3.05) is 6.61 Å². The first-order valence-electron chi connectivity index (χ1n) is 10.2. The van der Waals surface area contributed by atoms with Crippen LogP contribution in [0.3, 0.4) is 0 Å². The molecule has 0 spiro atoms. The van der Waals surface area contributed by atoms with Crippen LogP contribution in [0.15, 0.2) is 54.6 Å². The van der Waals surface area contributed by atoms with Crippen LogP contribution in [0.5, 0.6) is 0 Å². The zero-order chi connectivity index (χ0) is 23.7. The summed E-state index contributed by atoms with van der Waals surface area (Å²) in [6.07, 6.45) is -5.07. The van der Waals surface area contributed by atoms with Gasteiger partial charge in [-0.15, -0.1) is 5.10 Å². The van der Waals surface area contributed by atoms with Gasteiger partial charge in [0, 0.05) is 18.2 Å². The summed E-state index contributed by atoms with van der Waals surface area (Å²) >= 11 is 12.2. The molecule has 2 aromatic carbocycles. The summed E-state index contributed by atoms with van der Waals surface area (Å²) in [6, 6.07) is 15.3. The second kappa shape index (κ2) is 9.72. The molecule has 11 heteroatoms. The molecule has 33 heavy (non-hydrogen) atoms. The van der Waals surface area contributed by atoms with Gasteiger partial charge < -0.3 is 25.4 Å². The summed E-state index contributed by atoms with van der Waals surface area (Å²) in [6.45, 7) is 0.733. The smallest absolute Gasteiger partial charge is 0.217 e.